The van der Waals surface area contributed by atoms with Crippen LogP contribution in [0.5, 0.6) is 0 Å². The van der Waals surface area contributed by atoms with E-state index in [1.807, 2.05) is 25.1 Å². The number of hydrogen-bond donors (Lipinski definition) is 0. The Morgan fingerprint density at radius 1 is 1.36 bits per heavy atom. The highest BCUT2D eigenvalue weighted by atomic mass is 16.7. The first-order valence-corrected chi connectivity index (χ1v) is 4.60. The van der Waals surface area contributed by atoms with Crippen LogP contribution in [0.4, 0.5) is 0 Å². The zero-order valence-corrected chi connectivity index (χ0v) is 8.03. The first-order chi connectivity index (χ1) is 6.81. The molecule has 74 valence electrons. The Morgan fingerprint density at radius 3 is 2.71 bits per heavy atom. The molecule has 1 aromatic rings. The minimum atomic E-state index is -0.365. The van der Waals surface area contributed by atoms with Gasteiger partial charge < -0.3 is 9.47 Å². The van der Waals surface area contributed by atoms with Crippen LogP contribution in [0, 0.1) is 6.92 Å². The summed E-state index contributed by atoms with van der Waals surface area (Å²) in [5.74, 6) is 0. The summed E-state index contributed by atoms with van der Waals surface area (Å²) in [5, 5.41) is 0. The lowest BCUT2D eigenvalue weighted by molar-refractivity contribution is -0.0444. The number of rotatable bonds is 2. The highest BCUT2D eigenvalue weighted by Gasteiger charge is 2.20. The van der Waals surface area contributed by atoms with Crippen molar-refractivity contribution in [3.63, 3.8) is 0 Å². The summed E-state index contributed by atoms with van der Waals surface area (Å²) < 4.78 is 10.7. The van der Waals surface area contributed by atoms with Gasteiger partial charge in [0.1, 0.15) is 0 Å². The zero-order valence-electron chi connectivity index (χ0n) is 8.03. The summed E-state index contributed by atoms with van der Waals surface area (Å²) in [4.78, 5) is 10.8. The third-order valence-electron chi connectivity index (χ3n) is 2.24. The van der Waals surface area contributed by atoms with E-state index in [4.69, 9.17) is 9.47 Å². The van der Waals surface area contributed by atoms with Crippen molar-refractivity contribution in [2.24, 2.45) is 0 Å². The molecule has 0 amide bonds. The van der Waals surface area contributed by atoms with Crippen LogP contribution in [0.2, 0.25) is 0 Å². The number of aldehydes is 1. The summed E-state index contributed by atoms with van der Waals surface area (Å²) in [6.45, 7) is 3.14. The summed E-state index contributed by atoms with van der Waals surface area (Å²) in [6.07, 6.45) is 0.476. The van der Waals surface area contributed by atoms with E-state index >= 15 is 0 Å². The van der Waals surface area contributed by atoms with E-state index in [2.05, 4.69) is 0 Å². The minimum Gasteiger partial charge on any atom is -0.346 e. The molecule has 1 fully saturated rings. The second-order valence-electron chi connectivity index (χ2n) is 3.32. The van der Waals surface area contributed by atoms with Gasteiger partial charge in [0.05, 0.1) is 13.2 Å². The van der Waals surface area contributed by atoms with E-state index in [0.717, 1.165) is 17.4 Å². The molecule has 0 N–H and O–H groups in total. The topological polar surface area (TPSA) is 35.5 Å². The van der Waals surface area contributed by atoms with Crippen LogP contribution in [0.3, 0.4) is 0 Å². The van der Waals surface area contributed by atoms with Crippen molar-refractivity contribution in [3.8, 4) is 0 Å². The fourth-order valence-corrected chi connectivity index (χ4v) is 1.55. The largest absolute Gasteiger partial charge is 0.346 e. The number of carbonyl (C=O) groups excluding carboxylic acids is 1. The molecule has 2 rings (SSSR count). The molecule has 0 saturated carbocycles. The monoisotopic (exact) mass is 192 g/mol. The van der Waals surface area contributed by atoms with Crippen LogP contribution < -0.4 is 0 Å². The second kappa shape index (κ2) is 3.90. The van der Waals surface area contributed by atoms with Crippen LogP contribution in [0.1, 0.15) is 27.8 Å². The lowest BCUT2D eigenvalue weighted by Gasteiger charge is -2.11. The Kier molecular flexibility index (Phi) is 2.61. The van der Waals surface area contributed by atoms with Gasteiger partial charge in [0.2, 0.25) is 0 Å². The standard InChI is InChI=1S/C11H12O3/c1-8-2-3-10(9(6-8)7-12)11-13-4-5-14-11/h2-3,6-7,11H,4-5H2,1H3. The van der Waals surface area contributed by atoms with E-state index in [-0.39, 0.29) is 6.29 Å². The van der Waals surface area contributed by atoms with Crippen molar-refractivity contribution in [3.05, 3.63) is 34.9 Å². The molecule has 3 heteroatoms. The molecule has 1 aliphatic rings. The third-order valence-corrected chi connectivity index (χ3v) is 2.24. The first kappa shape index (κ1) is 9.37. The van der Waals surface area contributed by atoms with E-state index in [1.165, 1.54) is 0 Å². The van der Waals surface area contributed by atoms with E-state index < -0.39 is 0 Å². The molecule has 0 bridgehead atoms. The zero-order chi connectivity index (χ0) is 9.97. The van der Waals surface area contributed by atoms with Gasteiger partial charge in [-0.15, -0.1) is 0 Å². The molecule has 1 aromatic carbocycles. The number of hydrogen-bond acceptors (Lipinski definition) is 3. The number of ether oxygens (including phenoxy) is 2. The van der Waals surface area contributed by atoms with Gasteiger partial charge in [-0.2, -0.15) is 0 Å². The molecular weight excluding hydrogens is 180 g/mol. The Balaban J connectivity index is 2.35. The van der Waals surface area contributed by atoms with Gasteiger partial charge in [-0.05, 0) is 13.0 Å². The number of aryl methyl sites for hydroxylation is 1. The van der Waals surface area contributed by atoms with Crippen molar-refractivity contribution < 1.29 is 14.3 Å². The maximum absolute atomic E-state index is 10.8. The molecule has 0 aromatic heterocycles. The summed E-state index contributed by atoms with van der Waals surface area (Å²) in [7, 11) is 0. The normalized spacial score (nSPS) is 17.2. The predicted octanol–water partition coefficient (Wildman–Crippen LogP) is 1.85. The lowest BCUT2D eigenvalue weighted by atomic mass is 10.1. The van der Waals surface area contributed by atoms with Gasteiger partial charge in [0.25, 0.3) is 0 Å². The second-order valence-corrected chi connectivity index (χ2v) is 3.32. The molecule has 0 atom stereocenters. The van der Waals surface area contributed by atoms with Crippen molar-refractivity contribution in [2.45, 2.75) is 13.2 Å². The van der Waals surface area contributed by atoms with Gasteiger partial charge in [-0.1, -0.05) is 17.7 Å². The van der Waals surface area contributed by atoms with E-state index in [0.29, 0.717) is 18.8 Å². The summed E-state index contributed by atoms with van der Waals surface area (Å²) in [5.41, 5.74) is 2.54. The Labute approximate surface area is 82.6 Å². The van der Waals surface area contributed by atoms with Crippen LogP contribution in [-0.2, 0) is 9.47 Å². The Bertz CT molecular complexity index is 340. The average Bonchev–Trinajstić information content (AvgIpc) is 2.70. The van der Waals surface area contributed by atoms with Crippen LogP contribution >= 0.6 is 0 Å². The van der Waals surface area contributed by atoms with E-state index in [1.54, 1.807) is 0 Å². The molecule has 1 aliphatic heterocycles. The number of carbonyl (C=O) groups is 1. The smallest absolute Gasteiger partial charge is 0.184 e. The molecule has 1 heterocycles. The van der Waals surface area contributed by atoms with Gasteiger partial charge >= 0.3 is 0 Å². The van der Waals surface area contributed by atoms with Crippen molar-refractivity contribution in [1.82, 2.24) is 0 Å². The third kappa shape index (κ3) is 1.69. The molecule has 14 heavy (non-hydrogen) atoms. The molecule has 0 radical (unpaired) electrons. The van der Waals surface area contributed by atoms with Gasteiger partial charge in [0, 0.05) is 11.1 Å². The molecule has 0 aliphatic carbocycles. The van der Waals surface area contributed by atoms with Gasteiger partial charge in [-0.25, -0.2) is 0 Å². The predicted molar refractivity (Wildman–Crippen MR) is 51.2 cm³/mol. The molecule has 0 unspecified atom stereocenters. The maximum Gasteiger partial charge on any atom is 0.184 e. The lowest BCUT2D eigenvalue weighted by Crippen LogP contribution is -2.02. The molecule has 0 spiro atoms. The maximum atomic E-state index is 10.8. The van der Waals surface area contributed by atoms with Crippen molar-refractivity contribution in [2.75, 3.05) is 13.2 Å². The fraction of sp³-hybridized carbons (Fsp3) is 0.364. The first-order valence-electron chi connectivity index (χ1n) is 4.60. The SMILES string of the molecule is Cc1ccc(C2OCCO2)c(C=O)c1. The highest BCUT2D eigenvalue weighted by molar-refractivity contribution is 5.77. The molecule has 3 nitrogen and oxygen atoms in total. The summed E-state index contributed by atoms with van der Waals surface area (Å²) in [6, 6.07) is 5.68. The minimum absolute atomic E-state index is 0.365. The molecular formula is C11H12O3. The van der Waals surface area contributed by atoms with Crippen LogP contribution in [0.25, 0.3) is 0 Å². The van der Waals surface area contributed by atoms with Crippen molar-refractivity contribution >= 4 is 6.29 Å². The van der Waals surface area contributed by atoms with Crippen molar-refractivity contribution in [1.29, 1.82) is 0 Å². The van der Waals surface area contributed by atoms with Gasteiger partial charge in [-0.3, -0.25) is 4.79 Å². The van der Waals surface area contributed by atoms with Gasteiger partial charge in [0.15, 0.2) is 12.6 Å². The van der Waals surface area contributed by atoms with E-state index in [9.17, 15) is 4.79 Å². The number of benzene rings is 1. The van der Waals surface area contributed by atoms with Crippen LogP contribution in [-0.4, -0.2) is 19.5 Å². The Morgan fingerprint density at radius 2 is 2.07 bits per heavy atom. The molecule has 1 saturated heterocycles. The highest BCUT2D eigenvalue weighted by Crippen LogP contribution is 2.26. The average molecular weight is 192 g/mol. The Hall–Kier alpha value is -1.19. The fourth-order valence-electron chi connectivity index (χ4n) is 1.55. The quantitative estimate of drug-likeness (QED) is 0.671. The van der Waals surface area contributed by atoms with Crippen LogP contribution in [0.15, 0.2) is 18.2 Å². The summed E-state index contributed by atoms with van der Waals surface area (Å²) >= 11 is 0.